The third-order valence-corrected chi connectivity index (χ3v) is 6.76. The maximum Gasteiger partial charge on any atom is 0.283 e. The summed E-state index contributed by atoms with van der Waals surface area (Å²) < 4.78 is 35.9. The van der Waals surface area contributed by atoms with Gasteiger partial charge in [-0.25, -0.2) is 8.42 Å². The van der Waals surface area contributed by atoms with Gasteiger partial charge in [-0.05, 0) is 18.6 Å². The van der Waals surface area contributed by atoms with Crippen molar-refractivity contribution in [1.29, 1.82) is 0 Å². The Kier molecular flexibility index (Phi) is 4.12. The molecule has 0 unspecified atom stereocenters. The van der Waals surface area contributed by atoms with Crippen molar-refractivity contribution in [3.8, 4) is 11.7 Å². The molecule has 3 aromatic rings. The molecule has 0 aliphatic carbocycles. The van der Waals surface area contributed by atoms with Gasteiger partial charge >= 0.3 is 0 Å². The first-order valence-corrected chi connectivity index (χ1v) is 10.4. The second-order valence-electron chi connectivity index (χ2n) is 5.77. The minimum Gasteiger partial charge on any atom is -0.459 e. The second-order valence-corrected chi connectivity index (χ2v) is 8.94. The van der Waals surface area contributed by atoms with Crippen LogP contribution >= 0.6 is 11.8 Å². The number of sulfone groups is 1. The third-order valence-electron chi connectivity index (χ3n) is 3.99. The number of hydrogen-bond donors (Lipinski definition) is 0. The van der Waals surface area contributed by atoms with E-state index in [1.165, 1.54) is 18.0 Å². The topological polar surface area (TPSA) is 117 Å². The van der Waals surface area contributed by atoms with Crippen LogP contribution in [0.2, 0.25) is 0 Å². The van der Waals surface area contributed by atoms with E-state index < -0.39 is 9.84 Å². The standard InChI is InChI=1S/C14H15N5O4S2/c1-19-12(9-4-6-25(20,21)8-9)16-18-14(19)24-7-11-15-17-13(23-11)10-3-2-5-22-10/h2-3,5,9H,4,6-8H2,1H3/t9-/m1/s1. The lowest BCUT2D eigenvalue weighted by Crippen LogP contribution is -2.09. The van der Waals surface area contributed by atoms with Crippen LogP contribution in [0.1, 0.15) is 24.1 Å². The maximum absolute atomic E-state index is 11.6. The Morgan fingerprint density at radius 1 is 1.32 bits per heavy atom. The number of thioether (sulfide) groups is 1. The van der Waals surface area contributed by atoms with E-state index in [0.717, 1.165) is 0 Å². The summed E-state index contributed by atoms with van der Waals surface area (Å²) in [5.74, 6) is 2.69. The summed E-state index contributed by atoms with van der Waals surface area (Å²) in [6.45, 7) is 0. The van der Waals surface area contributed by atoms with Crippen LogP contribution in [0.3, 0.4) is 0 Å². The lowest BCUT2D eigenvalue weighted by atomic mass is 10.1. The van der Waals surface area contributed by atoms with E-state index in [1.807, 2.05) is 11.6 Å². The summed E-state index contributed by atoms with van der Waals surface area (Å²) in [7, 11) is -1.12. The summed E-state index contributed by atoms with van der Waals surface area (Å²) >= 11 is 1.40. The summed E-state index contributed by atoms with van der Waals surface area (Å²) in [6, 6.07) is 3.49. The number of furan rings is 1. The number of aromatic nitrogens is 5. The first-order valence-electron chi connectivity index (χ1n) is 7.60. The molecule has 132 valence electrons. The van der Waals surface area contributed by atoms with Gasteiger partial charge in [-0.2, -0.15) is 0 Å². The number of rotatable bonds is 5. The molecular weight excluding hydrogens is 366 g/mol. The molecule has 1 aliphatic heterocycles. The Morgan fingerprint density at radius 3 is 2.92 bits per heavy atom. The van der Waals surface area contributed by atoms with Gasteiger partial charge < -0.3 is 13.4 Å². The zero-order valence-electron chi connectivity index (χ0n) is 13.3. The van der Waals surface area contributed by atoms with Crippen LogP contribution in [-0.4, -0.2) is 44.9 Å². The highest BCUT2D eigenvalue weighted by Crippen LogP contribution is 2.30. The fourth-order valence-electron chi connectivity index (χ4n) is 2.74. The predicted octanol–water partition coefficient (Wildman–Crippen LogP) is 1.65. The van der Waals surface area contributed by atoms with Gasteiger partial charge in [0.25, 0.3) is 5.89 Å². The number of hydrogen-bond acceptors (Lipinski definition) is 9. The zero-order valence-corrected chi connectivity index (χ0v) is 15.0. The van der Waals surface area contributed by atoms with Crippen LogP contribution < -0.4 is 0 Å². The third kappa shape index (κ3) is 3.33. The van der Waals surface area contributed by atoms with Gasteiger partial charge in [-0.3, -0.25) is 0 Å². The van der Waals surface area contributed by atoms with Crippen molar-refractivity contribution in [2.24, 2.45) is 7.05 Å². The van der Waals surface area contributed by atoms with Crippen molar-refractivity contribution in [1.82, 2.24) is 25.0 Å². The van der Waals surface area contributed by atoms with Crippen molar-refractivity contribution in [3.05, 3.63) is 30.1 Å². The van der Waals surface area contributed by atoms with Crippen molar-refractivity contribution >= 4 is 21.6 Å². The fraction of sp³-hybridized carbons (Fsp3) is 0.429. The smallest absolute Gasteiger partial charge is 0.283 e. The number of nitrogens with zero attached hydrogens (tertiary/aromatic N) is 5. The molecule has 0 spiro atoms. The van der Waals surface area contributed by atoms with Crippen LogP contribution in [0, 0.1) is 0 Å². The van der Waals surface area contributed by atoms with Gasteiger partial charge in [-0.1, -0.05) is 11.8 Å². The Balaban J connectivity index is 1.44. The highest BCUT2D eigenvalue weighted by Gasteiger charge is 2.32. The molecule has 0 radical (unpaired) electrons. The van der Waals surface area contributed by atoms with E-state index in [4.69, 9.17) is 8.83 Å². The van der Waals surface area contributed by atoms with Crippen LogP contribution in [0.15, 0.2) is 32.4 Å². The average Bonchev–Trinajstić information content (AvgIpc) is 3.32. The molecule has 9 nitrogen and oxygen atoms in total. The molecule has 0 bridgehead atoms. The monoisotopic (exact) mass is 381 g/mol. The van der Waals surface area contributed by atoms with E-state index >= 15 is 0 Å². The van der Waals surface area contributed by atoms with E-state index in [0.29, 0.717) is 40.7 Å². The van der Waals surface area contributed by atoms with Gasteiger partial charge in [0, 0.05) is 13.0 Å². The maximum atomic E-state index is 11.6. The molecular formula is C14H15N5O4S2. The van der Waals surface area contributed by atoms with Crippen LogP contribution in [0.4, 0.5) is 0 Å². The molecule has 25 heavy (non-hydrogen) atoms. The highest BCUT2D eigenvalue weighted by atomic mass is 32.2. The Bertz CT molecular complexity index is 977. The molecule has 1 saturated heterocycles. The van der Waals surface area contributed by atoms with E-state index in [1.54, 1.807) is 12.1 Å². The Hall–Kier alpha value is -2.14. The predicted molar refractivity (Wildman–Crippen MR) is 88.6 cm³/mol. The molecule has 0 saturated carbocycles. The molecule has 0 N–H and O–H groups in total. The van der Waals surface area contributed by atoms with Crippen LogP contribution in [0.25, 0.3) is 11.7 Å². The minimum absolute atomic E-state index is 0.0918. The van der Waals surface area contributed by atoms with Gasteiger partial charge in [-0.15, -0.1) is 20.4 Å². The van der Waals surface area contributed by atoms with Gasteiger partial charge in [0.05, 0.1) is 23.5 Å². The molecule has 4 rings (SSSR count). The first-order chi connectivity index (χ1) is 12.0. The SMILES string of the molecule is Cn1c(SCc2nnc(-c3ccco3)o2)nnc1[C@@H]1CCS(=O)(=O)C1. The van der Waals surface area contributed by atoms with Gasteiger partial charge in [0.1, 0.15) is 5.82 Å². The molecule has 11 heteroatoms. The van der Waals surface area contributed by atoms with E-state index in [9.17, 15) is 8.42 Å². The fourth-order valence-corrected chi connectivity index (χ4v) is 5.24. The Morgan fingerprint density at radius 2 is 2.20 bits per heavy atom. The summed E-state index contributed by atoms with van der Waals surface area (Å²) in [5.41, 5.74) is 0. The summed E-state index contributed by atoms with van der Waals surface area (Å²) in [6.07, 6.45) is 2.13. The highest BCUT2D eigenvalue weighted by molar-refractivity contribution is 7.98. The van der Waals surface area contributed by atoms with Crippen LogP contribution in [0.5, 0.6) is 0 Å². The molecule has 3 aromatic heterocycles. The minimum atomic E-state index is -2.96. The van der Waals surface area contributed by atoms with E-state index in [2.05, 4.69) is 20.4 Å². The molecule has 1 aliphatic rings. The first kappa shape index (κ1) is 16.3. The van der Waals surface area contributed by atoms with Gasteiger partial charge in [0.15, 0.2) is 20.8 Å². The quantitative estimate of drug-likeness (QED) is 0.608. The lowest BCUT2D eigenvalue weighted by molar-refractivity contribution is 0.494. The van der Waals surface area contributed by atoms with Crippen molar-refractivity contribution in [2.45, 2.75) is 23.2 Å². The van der Waals surface area contributed by atoms with Crippen molar-refractivity contribution in [3.63, 3.8) is 0 Å². The molecule has 0 aromatic carbocycles. The molecule has 1 atom stereocenters. The second kappa shape index (κ2) is 6.30. The molecule has 0 amide bonds. The van der Waals surface area contributed by atoms with Crippen molar-refractivity contribution in [2.75, 3.05) is 11.5 Å². The van der Waals surface area contributed by atoms with Crippen LogP contribution in [-0.2, 0) is 22.6 Å². The average molecular weight is 381 g/mol. The van der Waals surface area contributed by atoms with E-state index in [-0.39, 0.29) is 17.4 Å². The Labute approximate surface area is 147 Å². The lowest BCUT2D eigenvalue weighted by Gasteiger charge is -2.07. The van der Waals surface area contributed by atoms with Crippen molar-refractivity contribution < 1.29 is 17.3 Å². The van der Waals surface area contributed by atoms with Gasteiger partial charge in [0.2, 0.25) is 5.89 Å². The zero-order chi connectivity index (χ0) is 17.4. The largest absolute Gasteiger partial charge is 0.459 e. The normalized spacial score (nSPS) is 19.5. The summed E-state index contributed by atoms with van der Waals surface area (Å²) in [4.78, 5) is 0. The summed E-state index contributed by atoms with van der Waals surface area (Å²) in [5, 5.41) is 16.9. The molecule has 4 heterocycles. The molecule has 1 fully saturated rings.